The van der Waals surface area contributed by atoms with Crippen molar-refractivity contribution in [3.05, 3.63) is 108 Å². The monoisotopic (exact) mass is 524 g/mol. The third-order valence-corrected chi connectivity index (χ3v) is 7.29. The number of para-hydroxylation sites is 1. The summed E-state index contributed by atoms with van der Waals surface area (Å²) in [6, 6.07) is 30.1. The fourth-order valence-electron chi connectivity index (χ4n) is 5.25. The minimum Gasteiger partial charge on any atom is -0.496 e. The molecule has 0 aromatic heterocycles. The average Bonchev–Trinajstić information content (AvgIpc) is 2.99. The molecule has 1 saturated heterocycles. The summed E-state index contributed by atoms with van der Waals surface area (Å²) in [5.41, 5.74) is 2.97. The Hall–Kier alpha value is -3.87. The molecule has 0 bridgehead atoms. The van der Waals surface area contributed by atoms with Crippen LogP contribution in [0.4, 0.5) is 0 Å². The first-order chi connectivity index (χ1) is 19.2. The third kappa shape index (κ3) is 6.77. The molecule has 1 fully saturated rings. The van der Waals surface area contributed by atoms with Crippen LogP contribution in [0.25, 0.3) is 10.8 Å². The molecule has 39 heavy (non-hydrogen) atoms. The zero-order valence-electron chi connectivity index (χ0n) is 22.4. The Bertz CT molecular complexity index is 1370. The van der Waals surface area contributed by atoms with E-state index in [1.54, 1.807) is 7.11 Å². The van der Waals surface area contributed by atoms with Gasteiger partial charge in [-0.3, -0.25) is 4.79 Å². The Morgan fingerprint density at radius 3 is 2.59 bits per heavy atom. The topological polar surface area (TPSA) is 68.8 Å². The number of methoxy groups -OCH3 is 1. The van der Waals surface area contributed by atoms with Crippen LogP contribution in [0.1, 0.15) is 40.2 Å². The smallest absolute Gasteiger partial charge is 0.252 e. The molecule has 2 N–H and O–H groups in total. The minimum atomic E-state index is -0.0293. The van der Waals surface area contributed by atoms with E-state index in [0.717, 1.165) is 53.8 Å². The summed E-state index contributed by atoms with van der Waals surface area (Å²) in [5, 5.41) is 8.80. The quantitative estimate of drug-likeness (QED) is 0.246. The van der Waals surface area contributed by atoms with Crippen LogP contribution in [0, 0.1) is 0 Å². The number of carbonyl (C=O) groups excluding carboxylic acids is 1. The zero-order chi connectivity index (χ0) is 26.9. The molecule has 6 heteroatoms. The number of hydrogen-bond donors (Lipinski definition) is 2. The fraction of sp³-hybridized carbons (Fsp3) is 0.303. The number of benzene rings is 4. The Balaban J connectivity index is 1.12. The lowest BCUT2D eigenvalue weighted by atomic mass is 9.85. The number of hydrogen-bond acceptors (Lipinski definition) is 5. The molecular formula is C33H36N2O4. The first kappa shape index (κ1) is 26.7. The summed E-state index contributed by atoms with van der Waals surface area (Å²) >= 11 is 0. The van der Waals surface area contributed by atoms with Crippen molar-refractivity contribution in [3.63, 3.8) is 0 Å². The van der Waals surface area contributed by atoms with Crippen molar-refractivity contribution >= 4 is 16.7 Å². The molecule has 1 aliphatic heterocycles. The van der Waals surface area contributed by atoms with Gasteiger partial charge in [-0.25, -0.2) is 0 Å². The van der Waals surface area contributed by atoms with Crippen molar-refractivity contribution in [1.29, 1.82) is 0 Å². The Morgan fingerprint density at radius 1 is 0.923 bits per heavy atom. The van der Waals surface area contributed by atoms with Gasteiger partial charge in [-0.05, 0) is 53.6 Å². The highest BCUT2D eigenvalue weighted by Crippen LogP contribution is 2.28. The molecule has 1 aliphatic rings. The standard InChI is InChI=1S/C33H36N2O4/c1-37-32-13-5-3-9-26(32)23-38-20-7-21-39-27-16-14-25(15-17-27)29-18-19-34-22-31(29)35-33(36)30-12-6-10-24-8-2-4-11-28(24)30/h2-6,8-17,29,31,34H,7,18-23H2,1H3,(H,35,36)/t29-,31-/m1/s1. The summed E-state index contributed by atoms with van der Waals surface area (Å²) in [4.78, 5) is 13.3. The molecule has 0 unspecified atom stereocenters. The Labute approximate surface area is 230 Å². The molecule has 0 aliphatic carbocycles. The van der Waals surface area contributed by atoms with Gasteiger partial charge in [0.05, 0.1) is 26.9 Å². The van der Waals surface area contributed by atoms with Gasteiger partial charge < -0.3 is 24.8 Å². The highest BCUT2D eigenvalue weighted by molar-refractivity contribution is 6.07. The van der Waals surface area contributed by atoms with Gasteiger partial charge in [-0.1, -0.05) is 66.7 Å². The van der Waals surface area contributed by atoms with Crippen LogP contribution in [-0.4, -0.2) is 45.4 Å². The third-order valence-electron chi connectivity index (χ3n) is 7.29. The number of nitrogens with one attached hydrogen (secondary N) is 2. The second-order valence-electron chi connectivity index (χ2n) is 9.84. The first-order valence-corrected chi connectivity index (χ1v) is 13.6. The number of rotatable bonds is 11. The van der Waals surface area contributed by atoms with Crippen LogP contribution in [0.15, 0.2) is 91.0 Å². The van der Waals surface area contributed by atoms with Crippen molar-refractivity contribution < 1.29 is 19.0 Å². The van der Waals surface area contributed by atoms with Crippen LogP contribution >= 0.6 is 0 Å². The van der Waals surface area contributed by atoms with Crippen molar-refractivity contribution in [2.24, 2.45) is 0 Å². The van der Waals surface area contributed by atoms with Gasteiger partial charge in [0.25, 0.3) is 5.91 Å². The second kappa shape index (κ2) is 13.3. The van der Waals surface area contributed by atoms with Crippen molar-refractivity contribution in [3.8, 4) is 11.5 Å². The highest BCUT2D eigenvalue weighted by atomic mass is 16.5. The first-order valence-electron chi connectivity index (χ1n) is 13.6. The lowest BCUT2D eigenvalue weighted by Crippen LogP contribution is -2.50. The van der Waals surface area contributed by atoms with Gasteiger partial charge in [0.2, 0.25) is 0 Å². The molecule has 0 saturated carbocycles. The van der Waals surface area contributed by atoms with E-state index in [-0.39, 0.29) is 17.9 Å². The number of amides is 1. The predicted octanol–water partition coefficient (Wildman–Crippen LogP) is 5.71. The largest absolute Gasteiger partial charge is 0.496 e. The molecule has 5 rings (SSSR count). The lowest BCUT2D eigenvalue weighted by Gasteiger charge is -2.33. The van der Waals surface area contributed by atoms with Crippen LogP contribution in [0.5, 0.6) is 11.5 Å². The summed E-state index contributed by atoms with van der Waals surface area (Å²) in [5.74, 6) is 1.90. The van der Waals surface area contributed by atoms with E-state index < -0.39 is 0 Å². The van der Waals surface area contributed by atoms with Crippen molar-refractivity contribution in [2.75, 3.05) is 33.4 Å². The van der Waals surface area contributed by atoms with Crippen LogP contribution in [-0.2, 0) is 11.3 Å². The number of fused-ring (bicyclic) bond motifs is 1. The normalized spacial score (nSPS) is 17.1. The van der Waals surface area contributed by atoms with Gasteiger partial charge in [0, 0.05) is 36.1 Å². The lowest BCUT2D eigenvalue weighted by molar-refractivity contribution is 0.0926. The molecular weight excluding hydrogens is 488 g/mol. The molecule has 2 atom stereocenters. The van der Waals surface area contributed by atoms with Gasteiger partial charge in [-0.2, -0.15) is 0 Å². The maximum atomic E-state index is 13.3. The summed E-state index contributed by atoms with van der Waals surface area (Å²) in [6.07, 6.45) is 1.76. The van der Waals surface area contributed by atoms with E-state index in [1.165, 1.54) is 5.56 Å². The highest BCUT2D eigenvalue weighted by Gasteiger charge is 2.28. The van der Waals surface area contributed by atoms with Crippen LogP contribution in [0.3, 0.4) is 0 Å². The average molecular weight is 525 g/mol. The predicted molar refractivity (Wildman–Crippen MR) is 155 cm³/mol. The summed E-state index contributed by atoms with van der Waals surface area (Å²) in [6.45, 7) is 3.39. The van der Waals surface area contributed by atoms with Crippen LogP contribution < -0.4 is 20.1 Å². The number of carbonyl (C=O) groups is 1. The maximum absolute atomic E-state index is 13.3. The molecule has 6 nitrogen and oxygen atoms in total. The molecule has 0 spiro atoms. The van der Waals surface area contributed by atoms with E-state index in [4.69, 9.17) is 14.2 Å². The van der Waals surface area contributed by atoms with Crippen LogP contribution in [0.2, 0.25) is 0 Å². The van der Waals surface area contributed by atoms with Gasteiger partial charge in [0.15, 0.2) is 0 Å². The van der Waals surface area contributed by atoms with E-state index in [9.17, 15) is 4.79 Å². The maximum Gasteiger partial charge on any atom is 0.252 e. The van der Waals surface area contributed by atoms with Gasteiger partial charge in [-0.15, -0.1) is 0 Å². The molecule has 4 aromatic carbocycles. The molecule has 202 valence electrons. The zero-order valence-corrected chi connectivity index (χ0v) is 22.4. The number of ether oxygens (including phenoxy) is 3. The second-order valence-corrected chi connectivity index (χ2v) is 9.84. The molecule has 1 amide bonds. The summed E-state index contributed by atoms with van der Waals surface area (Å²) in [7, 11) is 1.67. The van der Waals surface area contributed by atoms with Crippen molar-refractivity contribution in [2.45, 2.75) is 31.4 Å². The van der Waals surface area contributed by atoms with E-state index in [0.29, 0.717) is 25.4 Å². The molecule has 1 heterocycles. The SMILES string of the molecule is COc1ccccc1COCCCOc1ccc([C@H]2CCNC[C@H]2NC(=O)c2cccc3ccccc23)cc1. The van der Waals surface area contributed by atoms with Gasteiger partial charge >= 0.3 is 0 Å². The fourth-order valence-corrected chi connectivity index (χ4v) is 5.25. The van der Waals surface area contributed by atoms with E-state index in [1.807, 2.05) is 78.9 Å². The van der Waals surface area contributed by atoms with Gasteiger partial charge in [0.1, 0.15) is 11.5 Å². The summed E-state index contributed by atoms with van der Waals surface area (Å²) < 4.78 is 17.1. The molecule has 4 aromatic rings. The minimum absolute atomic E-state index is 0.0115. The molecule has 0 radical (unpaired) electrons. The van der Waals surface area contributed by atoms with E-state index in [2.05, 4.69) is 22.8 Å². The van der Waals surface area contributed by atoms with E-state index >= 15 is 0 Å². The Morgan fingerprint density at radius 2 is 1.72 bits per heavy atom. The van der Waals surface area contributed by atoms with Crippen molar-refractivity contribution in [1.82, 2.24) is 10.6 Å². The number of piperidine rings is 1. The Kier molecular flexibility index (Phi) is 9.09.